The maximum absolute atomic E-state index is 5.42. The minimum atomic E-state index is 0.0352. The van der Waals surface area contributed by atoms with Crippen LogP contribution in [0.15, 0.2) is 4.99 Å². The van der Waals surface area contributed by atoms with Crippen molar-refractivity contribution < 1.29 is 4.74 Å². The van der Waals surface area contributed by atoms with E-state index in [1.807, 2.05) is 6.21 Å². The van der Waals surface area contributed by atoms with Crippen molar-refractivity contribution in [2.24, 2.45) is 10.9 Å². The average Bonchev–Trinajstić information content (AvgIpc) is 2.59. The summed E-state index contributed by atoms with van der Waals surface area (Å²) in [5.41, 5.74) is 0.0352. The van der Waals surface area contributed by atoms with E-state index in [9.17, 15) is 0 Å². The molecular formula is C10H19NO. The Morgan fingerprint density at radius 3 is 2.25 bits per heavy atom. The highest BCUT2D eigenvalue weighted by molar-refractivity contribution is 5.67. The zero-order chi connectivity index (χ0) is 9.35. The van der Waals surface area contributed by atoms with Gasteiger partial charge >= 0.3 is 0 Å². The lowest BCUT2D eigenvalue weighted by Crippen LogP contribution is -2.12. The lowest BCUT2D eigenvalue weighted by molar-refractivity contribution is 0.348. The van der Waals surface area contributed by atoms with Crippen molar-refractivity contribution in [1.82, 2.24) is 0 Å². The van der Waals surface area contributed by atoms with Crippen LogP contribution in [0.5, 0.6) is 0 Å². The highest BCUT2D eigenvalue weighted by atomic mass is 16.6. The first-order valence-electron chi connectivity index (χ1n) is 4.61. The van der Waals surface area contributed by atoms with Crippen LogP contribution in [0.2, 0.25) is 0 Å². The molecule has 0 aromatic carbocycles. The minimum Gasteiger partial charge on any atom is -0.363 e. The van der Waals surface area contributed by atoms with Crippen LogP contribution >= 0.6 is 0 Å². The van der Waals surface area contributed by atoms with Crippen LogP contribution in [0, 0.1) is 5.92 Å². The predicted octanol–water partition coefficient (Wildman–Crippen LogP) is 2.28. The van der Waals surface area contributed by atoms with Crippen molar-refractivity contribution in [3.63, 3.8) is 0 Å². The fourth-order valence-electron chi connectivity index (χ4n) is 1.09. The molecule has 1 aliphatic rings. The molecular weight excluding hydrogens is 150 g/mol. The van der Waals surface area contributed by atoms with E-state index in [2.05, 4.69) is 39.6 Å². The number of nitrogens with zero attached hydrogens (tertiary/aromatic N) is 1. The first-order valence-corrected chi connectivity index (χ1v) is 4.61. The van der Waals surface area contributed by atoms with Gasteiger partial charge in [-0.05, 0) is 26.7 Å². The van der Waals surface area contributed by atoms with Crippen molar-refractivity contribution in [3.05, 3.63) is 0 Å². The second-order valence-electron chi connectivity index (χ2n) is 4.76. The Balaban J connectivity index is 2.32. The summed E-state index contributed by atoms with van der Waals surface area (Å²) in [5.74, 6) is 0.612. The number of hydrogen-bond donors (Lipinski definition) is 0. The summed E-state index contributed by atoms with van der Waals surface area (Å²) >= 11 is 0. The zero-order valence-corrected chi connectivity index (χ0v) is 8.66. The van der Waals surface area contributed by atoms with Gasteiger partial charge in [0.2, 0.25) is 0 Å². The van der Waals surface area contributed by atoms with Gasteiger partial charge in [-0.1, -0.05) is 13.8 Å². The molecule has 2 nitrogen and oxygen atoms in total. The SMILES string of the molecule is CC(C)[C@H]1O[C@@H]1C=NC(C)(C)C. The van der Waals surface area contributed by atoms with Crippen LogP contribution in [-0.2, 0) is 4.74 Å². The summed E-state index contributed by atoms with van der Waals surface area (Å²) in [6, 6.07) is 0. The first kappa shape index (κ1) is 9.72. The summed E-state index contributed by atoms with van der Waals surface area (Å²) in [6.07, 6.45) is 2.64. The molecule has 0 saturated carbocycles. The van der Waals surface area contributed by atoms with Crippen LogP contribution in [0.25, 0.3) is 0 Å². The van der Waals surface area contributed by atoms with Gasteiger partial charge in [-0.25, -0.2) is 0 Å². The van der Waals surface area contributed by atoms with E-state index in [0.29, 0.717) is 12.0 Å². The molecule has 2 atom stereocenters. The smallest absolute Gasteiger partial charge is 0.119 e. The molecule has 0 N–H and O–H groups in total. The van der Waals surface area contributed by atoms with Gasteiger partial charge in [-0.2, -0.15) is 0 Å². The van der Waals surface area contributed by atoms with E-state index in [1.54, 1.807) is 0 Å². The van der Waals surface area contributed by atoms with Gasteiger partial charge in [0.25, 0.3) is 0 Å². The summed E-state index contributed by atoms with van der Waals surface area (Å²) < 4.78 is 5.42. The second-order valence-corrected chi connectivity index (χ2v) is 4.76. The van der Waals surface area contributed by atoms with Crippen molar-refractivity contribution in [2.45, 2.75) is 52.4 Å². The number of aliphatic imine (C=N–C) groups is 1. The van der Waals surface area contributed by atoms with Gasteiger partial charge in [0.1, 0.15) is 6.10 Å². The Morgan fingerprint density at radius 1 is 1.33 bits per heavy atom. The number of rotatable bonds is 2. The molecule has 0 unspecified atom stereocenters. The molecule has 1 fully saturated rings. The number of epoxide rings is 1. The lowest BCUT2D eigenvalue weighted by atomic mass is 10.1. The highest BCUT2D eigenvalue weighted by Gasteiger charge is 2.39. The quantitative estimate of drug-likeness (QED) is 0.460. The standard InChI is InChI=1S/C10H19NO/c1-7(2)9-8(12-9)6-11-10(3,4)5/h6-9H,1-5H3/t8-,9-/m1/s1. The molecule has 2 heteroatoms. The van der Waals surface area contributed by atoms with E-state index in [-0.39, 0.29) is 11.6 Å². The Labute approximate surface area is 75.0 Å². The van der Waals surface area contributed by atoms with Crippen molar-refractivity contribution in [2.75, 3.05) is 0 Å². The first-order chi connectivity index (χ1) is 5.40. The molecule has 0 aromatic heterocycles. The third kappa shape index (κ3) is 2.94. The molecule has 12 heavy (non-hydrogen) atoms. The van der Waals surface area contributed by atoms with Gasteiger partial charge in [0, 0.05) is 6.21 Å². The average molecular weight is 169 g/mol. The molecule has 0 amide bonds. The minimum absolute atomic E-state index is 0.0352. The fourth-order valence-corrected chi connectivity index (χ4v) is 1.09. The normalized spacial score (nSPS) is 30.2. The molecule has 0 spiro atoms. The fraction of sp³-hybridized carbons (Fsp3) is 0.900. The van der Waals surface area contributed by atoms with Gasteiger partial charge < -0.3 is 4.74 Å². The van der Waals surface area contributed by atoms with E-state index in [1.165, 1.54) is 0 Å². The van der Waals surface area contributed by atoms with Gasteiger partial charge in [-0.3, -0.25) is 4.99 Å². The molecule has 1 saturated heterocycles. The lowest BCUT2D eigenvalue weighted by Gasteiger charge is -2.09. The van der Waals surface area contributed by atoms with Crippen LogP contribution in [0.4, 0.5) is 0 Å². The van der Waals surface area contributed by atoms with Gasteiger partial charge in [0.05, 0.1) is 11.6 Å². The van der Waals surface area contributed by atoms with Crippen molar-refractivity contribution in [1.29, 1.82) is 0 Å². The Kier molecular flexibility index (Phi) is 2.57. The maximum Gasteiger partial charge on any atom is 0.119 e. The van der Waals surface area contributed by atoms with Crippen LogP contribution in [0.1, 0.15) is 34.6 Å². The largest absolute Gasteiger partial charge is 0.363 e. The Bertz CT molecular complexity index is 179. The molecule has 1 heterocycles. The third-order valence-corrected chi connectivity index (χ3v) is 1.83. The molecule has 1 rings (SSSR count). The number of hydrogen-bond acceptors (Lipinski definition) is 2. The van der Waals surface area contributed by atoms with E-state index in [4.69, 9.17) is 4.74 Å². The molecule has 1 aliphatic heterocycles. The van der Waals surface area contributed by atoms with Crippen molar-refractivity contribution >= 4 is 6.21 Å². The summed E-state index contributed by atoms with van der Waals surface area (Å²) in [4.78, 5) is 4.40. The molecule has 70 valence electrons. The highest BCUT2D eigenvalue weighted by Crippen LogP contribution is 2.27. The predicted molar refractivity (Wildman–Crippen MR) is 51.7 cm³/mol. The topological polar surface area (TPSA) is 24.9 Å². The molecule has 0 aromatic rings. The molecule has 0 radical (unpaired) electrons. The van der Waals surface area contributed by atoms with E-state index < -0.39 is 0 Å². The maximum atomic E-state index is 5.42. The summed E-state index contributed by atoms with van der Waals surface area (Å²) in [5, 5.41) is 0. The van der Waals surface area contributed by atoms with Gasteiger partial charge in [-0.15, -0.1) is 0 Å². The number of ether oxygens (including phenoxy) is 1. The van der Waals surface area contributed by atoms with Crippen LogP contribution < -0.4 is 0 Å². The van der Waals surface area contributed by atoms with Gasteiger partial charge in [0.15, 0.2) is 0 Å². The van der Waals surface area contributed by atoms with Crippen LogP contribution in [-0.4, -0.2) is 24.0 Å². The summed E-state index contributed by atoms with van der Waals surface area (Å²) in [7, 11) is 0. The van der Waals surface area contributed by atoms with Crippen LogP contribution in [0.3, 0.4) is 0 Å². The van der Waals surface area contributed by atoms with Crippen molar-refractivity contribution in [3.8, 4) is 0 Å². The Morgan fingerprint density at radius 2 is 1.92 bits per heavy atom. The third-order valence-electron chi connectivity index (χ3n) is 1.83. The van der Waals surface area contributed by atoms with E-state index in [0.717, 1.165) is 0 Å². The second kappa shape index (κ2) is 3.17. The molecule has 0 aliphatic carbocycles. The molecule has 0 bridgehead atoms. The Hall–Kier alpha value is -0.370. The van der Waals surface area contributed by atoms with E-state index >= 15 is 0 Å². The monoisotopic (exact) mass is 169 g/mol. The summed E-state index contributed by atoms with van der Waals surface area (Å²) in [6.45, 7) is 10.6. The zero-order valence-electron chi connectivity index (χ0n) is 8.66.